The van der Waals surface area contributed by atoms with Crippen LogP contribution >= 0.6 is 11.3 Å². The molecule has 1 aliphatic heterocycles. The van der Waals surface area contributed by atoms with E-state index in [4.69, 9.17) is 5.73 Å². The molecule has 0 bridgehead atoms. The fraction of sp³-hybridized carbons (Fsp3) is 0.636. The Kier molecular flexibility index (Phi) is 3.56. The predicted octanol–water partition coefficient (Wildman–Crippen LogP) is 1.92. The molecule has 1 aromatic heterocycles. The van der Waals surface area contributed by atoms with Crippen LogP contribution in [0.4, 0.5) is 0 Å². The first-order valence-corrected chi connectivity index (χ1v) is 6.26. The van der Waals surface area contributed by atoms with Crippen molar-refractivity contribution >= 4 is 11.3 Å². The van der Waals surface area contributed by atoms with Crippen LogP contribution in [-0.2, 0) is 6.54 Å². The third-order valence-corrected chi connectivity index (χ3v) is 3.65. The zero-order valence-electron chi connectivity index (χ0n) is 8.48. The number of nitrogens with zero attached hydrogens (tertiary/aromatic N) is 1. The monoisotopic (exact) mass is 210 g/mol. The second kappa shape index (κ2) is 4.91. The van der Waals surface area contributed by atoms with Crippen LogP contribution in [0.25, 0.3) is 0 Å². The minimum atomic E-state index is 0.724. The standard InChI is InChI=1S/C11H18N2S/c12-6-10-2-1-4-13(7-10)8-11-3-5-14-9-11/h3,5,9-10H,1-2,4,6-8,12H2. The van der Waals surface area contributed by atoms with Gasteiger partial charge in [0, 0.05) is 13.1 Å². The lowest BCUT2D eigenvalue weighted by molar-refractivity contribution is 0.171. The van der Waals surface area contributed by atoms with E-state index < -0.39 is 0 Å². The second-order valence-corrected chi connectivity index (χ2v) is 4.89. The van der Waals surface area contributed by atoms with E-state index in [-0.39, 0.29) is 0 Å². The van der Waals surface area contributed by atoms with E-state index >= 15 is 0 Å². The summed E-state index contributed by atoms with van der Waals surface area (Å²) in [5.41, 5.74) is 7.17. The Hall–Kier alpha value is -0.380. The first-order chi connectivity index (χ1) is 6.88. The molecule has 0 aromatic carbocycles. The number of piperidine rings is 1. The smallest absolute Gasteiger partial charge is 0.0242 e. The summed E-state index contributed by atoms with van der Waals surface area (Å²) >= 11 is 1.78. The van der Waals surface area contributed by atoms with E-state index in [1.165, 1.54) is 31.5 Å². The van der Waals surface area contributed by atoms with Gasteiger partial charge < -0.3 is 5.73 Å². The van der Waals surface area contributed by atoms with Crippen LogP contribution in [0.5, 0.6) is 0 Å². The molecule has 0 amide bonds. The highest BCUT2D eigenvalue weighted by Gasteiger charge is 2.18. The maximum absolute atomic E-state index is 5.71. The summed E-state index contributed by atoms with van der Waals surface area (Å²) in [6.07, 6.45) is 2.63. The molecule has 14 heavy (non-hydrogen) atoms. The molecule has 1 fully saturated rings. The summed E-state index contributed by atoms with van der Waals surface area (Å²) in [6, 6.07) is 2.22. The van der Waals surface area contributed by atoms with Crippen molar-refractivity contribution < 1.29 is 0 Å². The molecular weight excluding hydrogens is 192 g/mol. The topological polar surface area (TPSA) is 29.3 Å². The number of rotatable bonds is 3. The number of hydrogen-bond acceptors (Lipinski definition) is 3. The third-order valence-electron chi connectivity index (χ3n) is 2.92. The Morgan fingerprint density at radius 3 is 3.21 bits per heavy atom. The highest BCUT2D eigenvalue weighted by molar-refractivity contribution is 7.07. The predicted molar refractivity (Wildman–Crippen MR) is 61.4 cm³/mol. The van der Waals surface area contributed by atoms with Gasteiger partial charge in [-0.25, -0.2) is 0 Å². The number of hydrogen-bond donors (Lipinski definition) is 1. The maximum Gasteiger partial charge on any atom is 0.0242 e. The van der Waals surface area contributed by atoms with E-state index in [0.29, 0.717) is 0 Å². The van der Waals surface area contributed by atoms with Crippen molar-refractivity contribution in [3.05, 3.63) is 22.4 Å². The van der Waals surface area contributed by atoms with Crippen molar-refractivity contribution in [2.24, 2.45) is 11.7 Å². The number of nitrogens with two attached hydrogens (primary N) is 1. The summed E-state index contributed by atoms with van der Waals surface area (Å²) in [5.74, 6) is 0.724. The van der Waals surface area contributed by atoms with E-state index in [2.05, 4.69) is 21.7 Å². The minimum Gasteiger partial charge on any atom is -0.330 e. The molecule has 1 atom stereocenters. The lowest BCUT2D eigenvalue weighted by Crippen LogP contribution is -2.37. The van der Waals surface area contributed by atoms with Crippen molar-refractivity contribution in [2.75, 3.05) is 19.6 Å². The molecule has 2 N–H and O–H groups in total. The summed E-state index contributed by atoms with van der Waals surface area (Å²) in [6.45, 7) is 4.39. The van der Waals surface area contributed by atoms with Crippen molar-refractivity contribution in [3.63, 3.8) is 0 Å². The SMILES string of the molecule is NCC1CCCN(Cc2ccsc2)C1. The van der Waals surface area contributed by atoms with Crippen LogP contribution in [0, 0.1) is 5.92 Å². The molecule has 1 saturated heterocycles. The van der Waals surface area contributed by atoms with Gasteiger partial charge in [-0.3, -0.25) is 4.90 Å². The van der Waals surface area contributed by atoms with Crippen LogP contribution < -0.4 is 5.73 Å². The largest absolute Gasteiger partial charge is 0.330 e. The van der Waals surface area contributed by atoms with E-state index in [0.717, 1.165) is 19.0 Å². The lowest BCUT2D eigenvalue weighted by Gasteiger charge is -2.31. The Balaban J connectivity index is 1.86. The number of thiophene rings is 1. The van der Waals surface area contributed by atoms with Crippen LogP contribution in [0.1, 0.15) is 18.4 Å². The number of likely N-dealkylation sites (tertiary alicyclic amines) is 1. The fourth-order valence-electron chi connectivity index (χ4n) is 2.13. The summed E-state index contributed by atoms with van der Waals surface area (Å²) in [4.78, 5) is 2.53. The van der Waals surface area contributed by atoms with Gasteiger partial charge in [0.1, 0.15) is 0 Å². The van der Waals surface area contributed by atoms with Crippen molar-refractivity contribution in [3.8, 4) is 0 Å². The van der Waals surface area contributed by atoms with Gasteiger partial charge in [0.25, 0.3) is 0 Å². The van der Waals surface area contributed by atoms with Gasteiger partial charge >= 0.3 is 0 Å². The Morgan fingerprint density at radius 1 is 1.57 bits per heavy atom. The molecule has 1 unspecified atom stereocenters. The van der Waals surface area contributed by atoms with Gasteiger partial charge in [-0.1, -0.05) is 0 Å². The molecule has 1 aromatic rings. The average Bonchev–Trinajstić information content (AvgIpc) is 2.71. The van der Waals surface area contributed by atoms with Crippen LogP contribution in [0.15, 0.2) is 16.8 Å². The third kappa shape index (κ3) is 2.56. The molecule has 78 valence electrons. The van der Waals surface area contributed by atoms with Crippen molar-refractivity contribution in [1.82, 2.24) is 4.90 Å². The van der Waals surface area contributed by atoms with Gasteiger partial charge in [-0.15, -0.1) is 0 Å². The summed E-state index contributed by atoms with van der Waals surface area (Å²) < 4.78 is 0. The Morgan fingerprint density at radius 2 is 2.50 bits per heavy atom. The van der Waals surface area contributed by atoms with Gasteiger partial charge in [0.15, 0.2) is 0 Å². The van der Waals surface area contributed by atoms with Gasteiger partial charge in [-0.2, -0.15) is 11.3 Å². The Labute approximate surface area is 89.7 Å². The van der Waals surface area contributed by atoms with Crippen molar-refractivity contribution in [2.45, 2.75) is 19.4 Å². The van der Waals surface area contributed by atoms with Gasteiger partial charge in [0.2, 0.25) is 0 Å². The second-order valence-electron chi connectivity index (χ2n) is 4.11. The summed E-state index contributed by atoms with van der Waals surface area (Å²) in [7, 11) is 0. The van der Waals surface area contributed by atoms with E-state index in [9.17, 15) is 0 Å². The molecule has 0 saturated carbocycles. The van der Waals surface area contributed by atoms with Gasteiger partial charge in [0.05, 0.1) is 0 Å². The Bertz CT molecular complexity index is 258. The minimum absolute atomic E-state index is 0.724. The zero-order valence-corrected chi connectivity index (χ0v) is 9.30. The molecule has 0 aliphatic carbocycles. The lowest BCUT2D eigenvalue weighted by atomic mass is 9.98. The maximum atomic E-state index is 5.71. The molecule has 2 rings (SSSR count). The average molecular weight is 210 g/mol. The van der Waals surface area contributed by atoms with Crippen LogP contribution in [0.2, 0.25) is 0 Å². The summed E-state index contributed by atoms with van der Waals surface area (Å²) in [5, 5.41) is 4.39. The van der Waals surface area contributed by atoms with Gasteiger partial charge in [-0.05, 0) is 54.2 Å². The fourth-order valence-corrected chi connectivity index (χ4v) is 2.79. The van der Waals surface area contributed by atoms with Crippen molar-refractivity contribution in [1.29, 1.82) is 0 Å². The molecule has 2 heterocycles. The van der Waals surface area contributed by atoms with E-state index in [1.54, 1.807) is 11.3 Å². The zero-order chi connectivity index (χ0) is 9.80. The normalized spacial score (nSPS) is 23.9. The molecule has 0 radical (unpaired) electrons. The molecule has 3 heteroatoms. The van der Waals surface area contributed by atoms with Crippen LogP contribution in [0.3, 0.4) is 0 Å². The molecular formula is C11H18N2S. The molecule has 1 aliphatic rings. The highest BCUT2D eigenvalue weighted by Crippen LogP contribution is 2.18. The first-order valence-electron chi connectivity index (χ1n) is 5.32. The van der Waals surface area contributed by atoms with E-state index in [1.807, 2.05) is 0 Å². The molecule has 2 nitrogen and oxygen atoms in total. The van der Waals surface area contributed by atoms with Crippen LogP contribution in [-0.4, -0.2) is 24.5 Å². The highest BCUT2D eigenvalue weighted by atomic mass is 32.1. The quantitative estimate of drug-likeness (QED) is 0.826. The molecule has 0 spiro atoms. The first kappa shape index (κ1) is 10.1.